The molecule has 2 bridgehead atoms. The summed E-state index contributed by atoms with van der Waals surface area (Å²) < 4.78 is 0. The quantitative estimate of drug-likeness (QED) is 0.442. The van der Waals surface area contributed by atoms with Gasteiger partial charge < -0.3 is 0 Å². The molecule has 2 fully saturated rings. The van der Waals surface area contributed by atoms with Gasteiger partial charge in [-0.2, -0.15) is 0 Å². The van der Waals surface area contributed by atoms with Gasteiger partial charge in [-0.25, -0.2) is 0 Å². The number of carbonyl (C=O) groups excluding carboxylic acids is 1. The first-order chi connectivity index (χ1) is 10.4. The molecule has 0 aromatic heterocycles. The van der Waals surface area contributed by atoms with E-state index in [1.165, 1.54) is 6.42 Å². The molecule has 3 atom stereocenters. The van der Waals surface area contributed by atoms with Crippen molar-refractivity contribution in [1.29, 1.82) is 0 Å². The first-order valence-electron chi connectivity index (χ1n) is 7.54. The average molecular weight is 385 g/mol. The second-order valence-electron chi connectivity index (χ2n) is 6.93. The Morgan fingerprint density at radius 2 is 2.00 bits per heavy atom. The Balaban J connectivity index is 1.86. The van der Waals surface area contributed by atoms with E-state index in [4.69, 9.17) is 14.9 Å². The number of hydrogen-bond donors (Lipinski definition) is 0. The molecular weight excluding hydrogens is 365 g/mol. The summed E-state index contributed by atoms with van der Waals surface area (Å²) in [5, 5.41) is 4.30. The number of oxime groups is 1. The Morgan fingerprint density at radius 1 is 1.32 bits per heavy atom. The van der Waals surface area contributed by atoms with E-state index in [0.29, 0.717) is 11.5 Å². The van der Waals surface area contributed by atoms with Gasteiger partial charge in [-0.3, -0.25) is 0 Å². The van der Waals surface area contributed by atoms with Crippen LogP contribution in [-0.4, -0.2) is 25.7 Å². The molecule has 0 unspecified atom stereocenters. The van der Waals surface area contributed by atoms with Crippen molar-refractivity contribution in [2.75, 3.05) is 0 Å². The Kier molecular flexibility index (Phi) is 4.13. The predicted octanol–water partition coefficient (Wildman–Crippen LogP) is 4.30. The van der Waals surface area contributed by atoms with Gasteiger partial charge in [0.05, 0.1) is 0 Å². The van der Waals surface area contributed by atoms with Crippen molar-refractivity contribution >= 4 is 35.8 Å². The number of hydrogen-bond acceptors (Lipinski definition) is 3. The molecular formula is C17H20ClNO2Se. The topological polar surface area (TPSA) is 38.7 Å². The van der Waals surface area contributed by atoms with E-state index in [1.54, 1.807) is 12.1 Å². The Labute approximate surface area is 141 Å². The summed E-state index contributed by atoms with van der Waals surface area (Å²) in [5.74, 6) is 0.141. The third-order valence-electron chi connectivity index (χ3n) is 5.84. The van der Waals surface area contributed by atoms with Crippen molar-refractivity contribution in [3.8, 4) is 0 Å². The molecule has 2 saturated carbocycles. The zero-order chi connectivity index (χ0) is 16.0. The van der Waals surface area contributed by atoms with E-state index >= 15 is 0 Å². The standard InChI is InChI=1S/C17H20ClNO2Se/c1-16(2)12-9-10-17(16,3)14(13(12)22-18)19-21-15(20)11-7-5-4-6-8-11/h4-8,12-13H,9-10H2,1-3H3/b19-14-/t12-,13+,17+/m1/s1. The molecule has 22 heavy (non-hydrogen) atoms. The van der Waals surface area contributed by atoms with Crippen LogP contribution in [-0.2, 0) is 4.84 Å². The summed E-state index contributed by atoms with van der Waals surface area (Å²) in [7, 11) is 6.26. The SMILES string of the molecule is CC1(C)[C@@H]2CC[C@@]1(C)/C(=N\OC(=O)c1ccccc1)[C@H]2[Se]Cl. The number of rotatable bonds is 3. The molecule has 3 rings (SSSR count). The Bertz CT molecular complexity index is 616. The summed E-state index contributed by atoms with van der Waals surface area (Å²) in [4.78, 5) is 17.6. The summed E-state index contributed by atoms with van der Waals surface area (Å²) in [6.45, 7) is 6.83. The molecule has 5 heteroatoms. The van der Waals surface area contributed by atoms with Gasteiger partial charge in [0.1, 0.15) is 0 Å². The normalized spacial score (nSPS) is 34.1. The van der Waals surface area contributed by atoms with Crippen LogP contribution in [0.5, 0.6) is 0 Å². The van der Waals surface area contributed by atoms with Crippen LogP contribution in [0, 0.1) is 16.7 Å². The van der Waals surface area contributed by atoms with Crippen molar-refractivity contribution < 1.29 is 9.63 Å². The Morgan fingerprint density at radius 3 is 2.64 bits per heavy atom. The fourth-order valence-electron chi connectivity index (χ4n) is 4.00. The van der Waals surface area contributed by atoms with Crippen molar-refractivity contribution in [3.05, 3.63) is 35.9 Å². The van der Waals surface area contributed by atoms with Crippen LogP contribution in [0.1, 0.15) is 44.0 Å². The van der Waals surface area contributed by atoms with Crippen LogP contribution in [0.15, 0.2) is 35.5 Å². The van der Waals surface area contributed by atoms with Crippen molar-refractivity contribution in [2.45, 2.75) is 38.4 Å². The molecule has 0 heterocycles. The van der Waals surface area contributed by atoms with E-state index in [0.717, 1.165) is 12.1 Å². The molecule has 0 aliphatic heterocycles. The van der Waals surface area contributed by atoms with Crippen molar-refractivity contribution in [3.63, 3.8) is 0 Å². The summed E-state index contributed by atoms with van der Waals surface area (Å²) in [6.07, 6.45) is 2.28. The van der Waals surface area contributed by atoms with Crippen LogP contribution in [0.25, 0.3) is 0 Å². The predicted molar refractivity (Wildman–Crippen MR) is 89.3 cm³/mol. The molecule has 3 nitrogen and oxygen atoms in total. The van der Waals surface area contributed by atoms with Crippen LogP contribution in [0.2, 0.25) is 4.82 Å². The molecule has 0 amide bonds. The molecule has 1 aromatic rings. The first-order valence-corrected chi connectivity index (χ1v) is 10.8. The average Bonchev–Trinajstić information content (AvgIpc) is 2.84. The zero-order valence-electron chi connectivity index (χ0n) is 13.0. The van der Waals surface area contributed by atoms with Gasteiger partial charge in [-0.1, -0.05) is 0 Å². The van der Waals surface area contributed by atoms with Crippen LogP contribution < -0.4 is 0 Å². The number of nitrogens with zero attached hydrogens (tertiary/aromatic N) is 1. The summed E-state index contributed by atoms with van der Waals surface area (Å²) in [5.41, 5.74) is 1.66. The van der Waals surface area contributed by atoms with Gasteiger partial charge in [-0.05, 0) is 0 Å². The molecule has 0 spiro atoms. The third kappa shape index (κ3) is 2.24. The van der Waals surface area contributed by atoms with E-state index in [-0.39, 0.29) is 29.7 Å². The van der Waals surface area contributed by atoms with Crippen LogP contribution in [0.4, 0.5) is 0 Å². The number of benzene rings is 1. The fourth-order valence-corrected chi connectivity index (χ4v) is 7.16. The number of carbonyl (C=O) groups is 1. The van der Waals surface area contributed by atoms with E-state index in [1.807, 2.05) is 18.2 Å². The molecule has 0 saturated heterocycles. The monoisotopic (exact) mass is 385 g/mol. The zero-order valence-corrected chi connectivity index (χ0v) is 15.5. The molecule has 0 N–H and O–H groups in total. The van der Waals surface area contributed by atoms with E-state index < -0.39 is 5.97 Å². The molecule has 118 valence electrons. The van der Waals surface area contributed by atoms with Gasteiger partial charge in [-0.15, -0.1) is 0 Å². The minimum atomic E-state index is -0.405. The van der Waals surface area contributed by atoms with Gasteiger partial charge in [0, 0.05) is 0 Å². The summed E-state index contributed by atoms with van der Waals surface area (Å²) in [6, 6.07) is 8.97. The van der Waals surface area contributed by atoms with Crippen molar-refractivity contribution in [2.24, 2.45) is 21.9 Å². The molecule has 2 aliphatic carbocycles. The van der Waals surface area contributed by atoms with Crippen molar-refractivity contribution in [1.82, 2.24) is 0 Å². The maximum atomic E-state index is 12.1. The molecule has 1 aromatic carbocycles. The minimum absolute atomic E-state index is 0.0179. The molecule has 2 aliphatic rings. The fraction of sp³-hybridized carbons (Fsp3) is 0.529. The number of fused-ring (bicyclic) bond motifs is 2. The summed E-state index contributed by atoms with van der Waals surface area (Å²) >= 11 is -0.0435. The second kappa shape index (κ2) is 5.67. The molecule has 0 radical (unpaired) electrons. The van der Waals surface area contributed by atoms with Crippen LogP contribution in [0.3, 0.4) is 0 Å². The van der Waals surface area contributed by atoms with Gasteiger partial charge in [0.15, 0.2) is 0 Å². The van der Waals surface area contributed by atoms with Gasteiger partial charge in [0.2, 0.25) is 0 Å². The number of halogens is 1. The van der Waals surface area contributed by atoms with Gasteiger partial charge in [0.25, 0.3) is 0 Å². The first kappa shape index (κ1) is 16.0. The Hall–Kier alpha value is -0.831. The third-order valence-corrected chi connectivity index (χ3v) is 8.39. The van der Waals surface area contributed by atoms with E-state index in [2.05, 4.69) is 25.9 Å². The van der Waals surface area contributed by atoms with Gasteiger partial charge >= 0.3 is 142 Å². The van der Waals surface area contributed by atoms with E-state index in [9.17, 15) is 4.79 Å². The van der Waals surface area contributed by atoms with Crippen LogP contribution >= 0.6 is 10.1 Å². The maximum absolute atomic E-state index is 12.1. The second-order valence-corrected chi connectivity index (χ2v) is 9.30.